The van der Waals surface area contributed by atoms with Gasteiger partial charge in [0.25, 0.3) is 5.91 Å². The molecule has 2 heterocycles. The number of likely N-dealkylation sites (N-methyl/N-ethyl adjacent to an activating group) is 1. The summed E-state index contributed by atoms with van der Waals surface area (Å²) >= 11 is 0. The third kappa shape index (κ3) is 8.56. The fourth-order valence-electron chi connectivity index (χ4n) is 7.05. The molecule has 1 saturated carbocycles. The molecule has 0 aromatic carbocycles. The number of ketones is 1. The lowest BCUT2D eigenvalue weighted by Gasteiger charge is -2.41. The van der Waals surface area contributed by atoms with Crippen LogP contribution in [0.1, 0.15) is 81.6 Å². The van der Waals surface area contributed by atoms with Gasteiger partial charge in [-0.25, -0.2) is 9.59 Å². The van der Waals surface area contributed by atoms with Crippen LogP contribution in [-0.2, 0) is 25.7 Å². The van der Waals surface area contributed by atoms with E-state index in [1.165, 1.54) is 22.1 Å². The number of aromatic hydroxyl groups is 1. The summed E-state index contributed by atoms with van der Waals surface area (Å²) in [6, 6.07) is -4.11. The van der Waals surface area contributed by atoms with Gasteiger partial charge in [-0.15, -0.1) is 6.58 Å². The van der Waals surface area contributed by atoms with E-state index in [9.17, 15) is 33.9 Å². The van der Waals surface area contributed by atoms with E-state index in [4.69, 9.17) is 0 Å². The van der Waals surface area contributed by atoms with E-state index in [1.807, 2.05) is 62.3 Å². The minimum atomic E-state index is -1.05. The summed E-state index contributed by atoms with van der Waals surface area (Å²) in [5.74, 6) is -2.86. The van der Waals surface area contributed by atoms with Crippen LogP contribution in [0.4, 0.5) is 4.79 Å². The van der Waals surface area contributed by atoms with Crippen molar-refractivity contribution in [1.29, 1.82) is 0 Å². The summed E-state index contributed by atoms with van der Waals surface area (Å²) in [5.41, 5.74) is -2.03. The molecule has 0 radical (unpaired) electrons. The number of aromatic nitrogens is 2. The van der Waals surface area contributed by atoms with Gasteiger partial charge in [-0.05, 0) is 34.5 Å². The van der Waals surface area contributed by atoms with Gasteiger partial charge in [0.2, 0.25) is 23.5 Å². The lowest BCUT2D eigenvalue weighted by atomic mass is 9.84. The number of nitrogens with zero attached hydrogens (tertiary/aromatic N) is 3. The zero-order valence-electron chi connectivity index (χ0n) is 30.8. The predicted octanol–water partition coefficient (Wildman–Crippen LogP) is 2.38. The van der Waals surface area contributed by atoms with Crippen LogP contribution in [0.15, 0.2) is 23.6 Å². The zero-order valence-corrected chi connectivity index (χ0v) is 30.8. The lowest BCUT2D eigenvalue weighted by molar-refractivity contribution is -0.145. The van der Waals surface area contributed by atoms with E-state index in [0.717, 1.165) is 11.0 Å². The highest BCUT2D eigenvalue weighted by Crippen LogP contribution is 2.65. The van der Waals surface area contributed by atoms with Crippen molar-refractivity contribution < 1.29 is 29.1 Å². The third-order valence-corrected chi connectivity index (χ3v) is 10.2. The van der Waals surface area contributed by atoms with Crippen molar-refractivity contribution in [3.8, 4) is 5.88 Å². The molecule has 1 aromatic rings. The van der Waals surface area contributed by atoms with Crippen molar-refractivity contribution in [2.24, 2.45) is 28.1 Å². The largest absolute Gasteiger partial charge is 0.493 e. The molecule has 1 aromatic heterocycles. The Labute approximate surface area is 289 Å². The smallest absolute Gasteiger partial charge is 0.328 e. The van der Waals surface area contributed by atoms with Crippen molar-refractivity contribution in [3.63, 3.8) is 0 Å². The number of urea groups is 1. The number of unbranched alkanes of at least 4 members (excludes halogenated alkanes) is 1. The zero-order chi connectivity index (χ0) is 37.2. The van der Waals surface area contributed by atoms with E-state index in [-0.39, 0.29) is 42.6 Å². The van der Waals surface area contributed by atoms with E-state index in [0.29, 0.717) is 13.0 Å². The monoisotopic (exact) mass is 687 g/mol. The number of aromatic amines is 1. The van der Waals surface area contributed by atoms with Crippen LogP contribution in [0, 0.1) is 28.1 Å². The molecule has 1 unspecified atom stereocenters. The fourth-order valence-corrected chi connectivity index (χ4v) is 7.05. The number of piperidine rings is 1. The number of Topliss-reactive ketones (excluding diaryl/α,β-unsaturated/α-hetero) is 1. The van der Waals surface area contributed by atoms with Crippen molar-refractivity contribution in [2.75, 3.05) is 20.1 Å². The first-order chi connectivity index (χ1) is 22.6. The molecule has 0 spiro atoms. The minimum absolute atomic E-state index is 0.00601. The van der Waals surface area contributed by atoms with Crippen LogP contribution < -0.4 is 21.6 Å². The predicted molar refractivity (Wildman–Crippen MR) is 185 cm³/mol. The Bertz CT molecular complexity index is 1480. The van der Waals surface area contributed by atoms with Crippen LogP contribution in [0.25, 0.3) is 0 Å². The molecule has 1 aliphatic heterocycles. The van der Waals surface area contributed by atoms with Gasteiger partial charge in [0.15, 0.2) is 0 Å². The summed E-state index contributed by atoms with van der Waals surface area (Å²) in [5, 5.41) is 18.4. The fraction of sp³-hybridized carbons (Fsp3) is 0.714. The topological polar surface area (TPSA) is 186 Å². The maximum absolute atomic E-state index is 14.5. The minimum Gasteiger partial charge on any atom is -0.493 e. The van der Waals surface area contributed by atoms with Crippen LogP contribution in [-0.4, -0.2) is 98.3 Å². The average Bonchev–Trinajstić information content (AvgIpc) is 3.29. The molecule has 3 rings (SSSR count). The number of hydrogen-bond donors (Lipinski definition) is 5. The Hall–Kier alpha value is -4.10. The Morgan fingerprint density at radius 2 is 1.76 bits per heavy atom. The number of carbonyl (C=O) groups excluding carboxylic acids is 5. The number of nitrogens with one attached hydrogen (secondary N) is 4. The van der Waals surface area contributed by atoms with Gasteiger partial charge in [0.05, 0.1) is 24.8 Å². The van der Waals surface area contributed by atoms with Crippen molar-refractivity contribution in [3.05, 3.63) is 29.3 Å². The summed E-state index contributed by atoms with van der Waals surface area (Å²) in [7, 11) is 1.58. The normalized spacial score (nSPS) is 21.5. The molecule has 0 bridgehead atoms. The van der Waals surface area contributed by atoms with Gasteiger partial charge in [0, 0.05) is 20.1 Å². The SMILES string of the molecule is C=CCNC(=O)C(=O)C(CCCC)NC(=O)[C@@H]1[C@@H]2[C@H](CN1C(=O)[C@@H](NC(=O)N(C)[C@H](Cn1c(O)c[nH]c1=O)C(C)(C)C)C(C)(C)C)C2(C)C. The summed E-state index contributed by atoms with van der Waals surface area (Å²) in [6.45, 7) is 21.2. The molecule has 14 nitrogen and oxygen atoms in total. The van der Waals surface area contributed by atoms with Crippen molar-refractivity contribution in [2.45, 2.75) is 112 Å². The van der Waals surface area contributed by atoms with E-state index >= 15 is 0 Å². The standard InChI is InChI=1S/C35H57N7O7/c1-12-14-15-21(26(44)29(46)36-16-13-2)38-28(45)25-24-20(35(24,9)10)18-42(25)30(47)27(34(6,7)8)39-32(49)40(11)22(33(3,4)5)19-41-23(43)17-37-31(41)48/h13,17,20-22,24-25,27,43H,2,12,14-16,18-19H2,1,3-11H3,(H,36,46)(H,37,48)(H,38,45)(H,39,49)/t20-,21?,22+,24-,25-,27+/m0/s1. The first-order valence-corrected chi connectivity index (χ1v) is 17.1. The average molecular weight is 688 g/mol. The van der Waals surface area contributed by atoms with E-state index < -0.39 is 70.2 Å². The van der Waals surface area contributed by atoms with Crippen LogP contribution in [0.2, 0.25) is 0 Å². The van der Waals surface area contributed by atoms with Gasteiger partial charge < -0.3 is 35.8 Å². The Balaban J connectivity index is 1.88. The molecule has 6 atom stereocenters. The first-order valence-electron chi connectivity index (χ1n) is 17.1. The molecule has 2 fully saturated rings. The summed E-state index contributed by atoms with van der Waals surface area (Å²) < 4.78 is 1.15. The highest BCUT2D eigenvalue weighted by Gasteiger charge is 2.70. The molecule has 2 aliphatic rings. The Kier molecular flexibility index (Phi) is 11.9. The van der Waals surface area contributed by atoms with Gasteiger partial charge >= 0.3 is 11.7 Å². The molecule has 14 heteroatoms. The maximum atomic E-state index is 14.5. The number of rotatable bonds is 14. The number of hydrogen-bond acceptors (Lipinski definition) is 7. The first kappa shape index (κ1) is 39.3. The van der Waals surface area contributed by atoms with Gasteiger partial charge in [-0.3, -0.25) is 23.7 Å². The highest BCUT2D eigenvalue weighted by molar-refractivity contribution is 6.38. The molecule has 274 valence electrons. The number of likely N-dealkylation sites (tertiary alicyclic amines) is 1. The summed E-state index contributed by atoms with van der Waals surface area (Å²) in [4.78, 5) is 85.8. The molecular weight excluding hydrogens is 630 g/mol. The van der Waals surface area contributed by atoms with Gasteiger partial charge in [-0.1, -0.05) is 81.2 Å². The second kappa shape index (κ2) is 14.8. The molecule has 5 amide bonds. The molecule has 1 aliphatic carbocycles. The van der Waals surface area contributed by atoms with Crippen LogP contribution in [0.5, 0.6) is 5.88 Å². The van der Waals surface area contributed by atoms with Crippen LogP contribution >= 0.6 is 0 Å². The molecule has 5 N–H and O–H groups in total. The second-order valence-electron chi connectivity index (χ2n) is 16.3. The van der Waals surface area contributed by atoms with Crippen LogP contribution in [0.3, 0.4) is 0 Å². The van der Waals surface area contributed by atoms with Crippen molar-refractivity contribution >= 4 is 29.5 Å². The number of fused-ring (bicyclic) bond motifs is 1. The van der Waals surface area contributed by atoms with E-state index in [1.54, 1.807) is 7.05 Å². The molecule has 49 heavy (non-hydrogen) atoms. The summed E-state index contributed by atoms with van der Waals surface area (Å²) in [6.07, 6.45) is 4.28. The maximum Gasteiger partial charge on any atom is 0.328 e. The Morgan fingerprint density at radius 1 is 1.12 bits per heavy atom. The number of carbonyl (C=O) groups is 5. The molecular formula is C35H57N7O7. The van der Waals surface area contributed by atoms with Crippen molar-refractivity contribution in [1.82, 2.24) is 35.3 Å². The number of H-pyrrole nitrogens is 1. The quantitative estimate of drug-likeness (QED) is 0.147. The number of amides is 5. The molecule has 1 saturated heterocycles. The van der Waals surface area contributed by atoms with E-state index in [2.05, 4.69) is 27.5 Å². The number of imidazole rings is 1. The Morgan fingerprint density at radius 3 is 2.27 bits per heavy atom. The van der Waals surface area contributed by atoms with Gasteiger partial charge in [0.1, 0.15) is 12.1 Å². The second-order valence-corrected chi connectivity index (χ2v) is 16.3. The highest BCUT2D eigenvalue weighted by atomic mass is 16.3. The van der Waals surface area contributed by atoms with Gasteiger partial charge in [-0.2, -0.15) is 0 Å². The lowest BCUT2D eigenvalue weighted by Crippen LogP contribution is -2.62. The third-order valence-electron chi connectivity index (χ3n) is 10.2.